The molecule has 3 rings (SSSR count). The fraction of sp³-hybridized carbons (Fsp3) is 0.100. The summed E-state index contributed by atoms with van der Waals surface area (Å²) in [6.07, 6.45) is 4.88. The number of nitrogens with one attached hydrogen (secondary N) is 2. The number of carbonyl (C=O) groups excluding carboxylic acids is 1. The minimum absolute atomic E-state index is 0.215. The second-order valence-corrected chi connectivity index (χ2v) is 5.95. The number of benzene rings is 2. The maximum atomic E-state index is 12.0. The highest BCUT2D eigenvalue weighted by Gasteiger charge is 2.05. The lowest BCUT2D eigenvalue weighted by Gasteiger charge is -2.02. The Balaban J connectivity index is 1.57. The SMILES string of the molecule is COc1ccc(-c2cnc(CNC(=O)C=Cc3ccccc3Cl)[nH]2)cc1. The van der Waals surface area contributed by atoms with Crippen molar-refractivity contribution in [3.8, 4) is 17.0 Å². The summed E-state index contributed by atoms with van der Waals surface area (Å²) < 4.78 is 5.15. The van der Waals surface area contributed by atoms with Crippen LogP contribution in [0.5, 0.6) is 5.75 Å². The van der Waals surface area contributed by atoms with Crippen molar-refractivity contribution in [3.63, 3.8) is 0 Å². The summed E-state index contributed by atoms with van der Waals surface area (Å²) in [4.78, 5) is 19.4. The van der Waals surface area contributed by atoms with Crippen molar-refractivity contribution >= 4 is 23.6 Å². The van der Waals surface area contributed by atoms with E-state index in [9.17, 15) is 4.79 Å². The number of aromatic amines is 1. The number of ether oxygens (including phenoxy) is 1. The van der Waals surface area contributed by atoms with Crippen LogP contribution in [0, 0.1) is 0 Å². The monoisotopic (exact) mass is 367 g/mol. The van der Waals surface area contributed by atoms with Gasteiger partial charge in [0.15, 0.2) is 0 Å². The highest BCUT2D eigenvalue weighted by Crippen LogP contribution is 2.20. The van der Waals surface area contributed by atoms with Crippen LogP contribution in [0.4, 0.5) is 0 Å². The van der Waals surface area contributed by atoms with Crippen LogP contribution in [-0.2, 0) is 11.3 Å². The minimum Gasteiger partial charge on any atom is -0.497 e. The summed E-state index contributed by atoms with van der Waals surface area (Å²) in [6, 6.07) is 15.0. The number of hydrogen-bond donors (Lipinski definition) is 2. The smallest absolute Gasteiger partial charge is 0.244 e. The van der Waals surface area contributed by atoms with Crippen molar-refractivity contribution in [2.24, 2.45) is 0 Å². The van der Waals surface area contributed by atoms with E-state index in [1.165, 1.54) is 6.08 Å². The molecule has 2 aromatic carbocycles. The quantitative estimate of drug-likeness (QED) is 0.645. The van der Waals surface area contributed by atoms with Gasteiger partial charge in [0, 0.05) is 11.1 Å². The Bertz CT molecular complexity index is 917. The number of aromatic nitrogens is 2. The summed E-state index contributed by atoms with van der Waals surface area (Å²) in [5.74, 6) is 1.26. The van der Waals surface area contributed by atoms with Crippen LogP contribution >= 0.6 is 11.6 Å². The Hall–Kier alpha value is -3.05. The molecule has 0 aliphatic rings. The van der Waals surface area contributed by atoms with Gasteiger partial charge in [-0.15, -0.1) is 0 Å². The molecular formula is C20H18ClN3O2. The molecular weight excluding hydrogens is 350 g/mol. The van der Waals surface area contributed by atoms with E-state index in [0.29, 0.717) is 17.4 Å². The van der Waals surface area contributed by atoms with Crippen molar-refractivity contribution in [3.05, 3.63) is 77.2 Å². The van der Waals surface area contributed by atoms with Gasteiger partial charge >= 0.3 is 0 Å². The first-order valence-corrected chi connectivity index (χ1v) is 8.42. The van der Waals surface area contributed by atoms with E-state index < -0.39 is 0 Å². The maximum absolute atomic E-state index is 12.0. The number of halogens is 1. The van der Waals surface area contributed by atoms with Gasteiger partial charge in [-0.05, 0) is 47.5 Å². The maximum Gasteiger partial charge on any atom is 0.244 e. The number of carbonyl (C=O) groups is 1. The first-order valence-electron chi connectivity index (χ1n) is 8.04. The van der Waals surface area contributed by atoms with Crippen molar-refractivity contribution in [2.45, 2.75) is 6.54 Å². The number of H-pyrrole nitrogens is 1. The molecule has 0 unspecified atom stereocenters. The first-order chi connectivity index (χ1) is 12.7. The summed E-state index contributed by atoms with van der Waals surface area (Å²) in [5.41, 5.74) is 2.67. The predicted molar refractivity (Wildman–Crippen MR) is 103 cm³/mol. The van der Waals surface area contributed by atoms with E-state index in [2.05, 4.69) is 15.3 Å². The molecule has 132 valence electrons. The van der Waals surface area contributed by atoms with E-state index in [1.807, 2.05) is 42.5 Å². The van der Waals surface area contributed by atoms with Gasteiger partial charge in [0.25, 0.3) is 0 Å². The number of amides is 1. The molecule has 0 aliphatic heterocycles. The molecule has 0 aliphatic carbocycles. The summed E-state index contributed by atoms with van der Waals surface area (Å²) in [7, 11) is 1.63. The molecule has 0 atom stereocenters. The molecule has 26 heavy (non-hydrogen) atoms. The molecule has 3 aromatic rings. The Morgan fingerprint density at radius 3 is 2.73 bits per heavy atom. The summed E-state index contributed by atoms with van der Waals surface area (Å²) in [5, 5.41) is 3.39. The average molecular weight is 368 g/mol. The van der Waals surface area contributed by atoms with Gasteiger partial charge < -0.3 is 15.0 Å². The molecule has 0 saturated heterocycles. The third kappa shape index (κ3) is 4.52. The van der Waals surface area contributed by atoms with Crippen LogP contribution in [0.3, 0.4) is 0 Å². The zero-order chi connectivity index (χ0) is 18.4. The van der Waals surface area contributed by atoms with Crippen molar-refractivity contribution < 1.29 is 9.53 Å². The number of nitrogens with zero attached hydrogens (tertiary/aromatic N) is 1. The van der Waals surface area contributed by atoms with Gasteiger partial charge in [0.05, 0.1) is 25.5 Å². The number of rotatable bonds is 6. The Kier molecular flexibility index (Phi) is 5.71. The number of hydrogen-bond acceptors (Lipinski definition) is 3. The molecule has 0 saturated carbocycles. The van der Waals surface area contributed by atoms with Gasteiger partial charge in [-0.1, -0.05) is 29.8 Å². The highest BCUT2D eigenvalue weighted by atomic mass is 35.5. The van der Waals surface area contributed by atoms with Gasteiger partial charge in [-0.2, -0.15) is 0 Å². The predicted octanol–water partition coefficient (Wildman–Crippen LogP) is 4.07. The third-order valence-corrected chi connectivity index (χ3v) is 4.12. The summed E-state index contributed by atoms with van der Waals surface area (Å²) in [6.45, 7) is 0.307. The normalized spacial score (nSPS) is 10.8. The lowest BCUT2D eigenvalue weighted by atomic mass is 10.2. The van der Waals surface area contributed by atoms with Crippen LogP contribution in [0.2, 0.25) is 5.02 Å². The second kappa shape index (κ2) is 8.36. The number of imidazole rings is 1. The Morgan fingerprint density at radius 2 is 2.00 bits per heavy atom. The van der Waals surface area contributed by atoms with E-state index in [-0.39, 0.29) is 5.91 Å². The topological polar surface area (TPSA) is 67.0 Å². The fourth-order valence-corrected chi connectivity index (χ4v) is 2.57. The highest BCUT2D eigenvalue weighted by molar-refractivity contribution is 6.32. The molecule has 0 radical (unpaired) electrons. The molecule has 1 heterocycles. The van der Waals surface area contributed by atoms with Crippen molar-refractivity contribution in [1.82, 2.24) is 15.3 Å². The molecule has 6 heteroatoms. The zero-order valence-corrected chi connectivity index (χ0v) is 15.0. The second-order valence-electron chi connectivity index (χ2n) is 5.54. The molecule has 5 nitrogen and oxygen atoms in total. The van der Waals surface area contributed by atoms with Gasteiger partial charge in [0.2, 0.25) is 5.91 Å². The van der Waals surface area contributed by atoms with E-state index in [4.69, 9.17) is 16.3 Å². The molecule has 0 spiro atoms. The largest absolute Gasteiger partial charge is 0.497 e. The van der Waals surface area contributed by atoms with Crippen molar-refractivity contribution in [1.29, 1.82) is 0 Å². The lowest BCUT2D eigenvalue weighted by Crippen LogP contribution is -2.20. The zero-order valence-electron chi connectivity index (χ0n) is 14.2. The van der Waals surface area contributed by atoms with Crippen LogP contribution in [0.15, 0.2) is 60.8 Å². The first kappa shape index (κ1) is 17.8. The van der Waals surface area contributed by atoms with Crippen molar-refractivity contribution in [2.75, 3.05) is 7.11 Å². The van der Waals surface area contributed by atoms with Gasteiger partial charge in [0.1, 0.15) is 11.6 Å². The Morgan fingerprint density at radius 1 is 1.23 bits per heavy atom. The van der Waals surface area contributed by atoms with Crippen LogP contribution in [0.1, 0.15) is 11.4 Å². The van der Waals surface area contributed by atoms with Crippen LogP contribution in [0.25, 0.3) is 17.3 Å². The van der Waals surface area contributed by atoms with Crippen LogP contribution < -0.4 is 10.1 Å². The third-order valence-electron chi connectivity index (χ3n) is 3.78. The molecule has 1 aromatic heterocycles. The van der Waals surface area contributed by atoms with E-state index >= 15 is 0 Å². The standard InChI is InChI=1S/C20H18ClN3O2/c1-26-16-9-6-15(7-10-16)18-12-22-19(24-18)13-23-20(25)11-8-14-4-2-3-5-17(14)21/h2-12H,13H2,1H3,(H,22,24)(H,23,25). The van der Waals surface area contributed by atoms with Gasteiger partial charge in [-0.3, -0.25) is 4.79 Å². The summed E-state index contributed by atoms with van der Waals surface area (Å²) >= 11 is 6.05. The molecule has 0 bridgehead atoms. The minimum atomic E-state index is -0.215. The fourth-order valence-electron chi connectivity index (χ4n) is 2.38. The van der Waals surface area contributed by atoms with Gasteiger partial charge in [-0.25, -0.2) is 4.98 Å². The van der Waals surface area contributed by atoms with E-state index in [1.54, 1.807) is 25.4 Å². The molecule has 2 N–H and O–H groups in total. The van der Waals surface area contributed by atoms with E-state index in [0.717, 1.165) is 22.6 Å². The molecule has 0 fully saturated rings. The lowest BCUT2D eigenvalue weighted by molar-refractivity contribution is -0.116. The molecule has 1 amide bonds. The van der Waals surface area contributed by atoms with Crippen LogP contribution in [-0.4, -0.2) is 23.0 Å². The average Bonchev–Trinajstić information content (AvgIpc) is 3.15. The number of methoxy groups -OCH3 is 1. The Labute approximate surface area is 156 Å².